The summed E-state index contributed by atoms with van der Waals surface area (Å²) < 4.78 is 10.7. The zero-order valence-electron chi connectivity index (χ0n) is 15.6. The van der Waals surface area contributed by atoms with Gasteiger partial charge in [0.2, 0.25) is 0 Å². The molecule has 0 N–H and O–H groups in total. The largest absolute Gasteiger partial charge is 0.379 e. The van der Waals surface area contributed by atoms with E-state index in [0.717, 1.165) is 13.0 Å². The van der Waals surface area contributed by atoms with E-state index in [4.69, 9.17) is 9.47 Å². The Morgan fingerprint density at radius 1 is 1.00 bits per heavy atom. The highest BCUT2D eigenvalue weighted by atomic mass is 16.5. The van der Waals surface area contributed by atoms with Gasteiger partial charge in [-0.15, -0.1) is 0 Å². The van der Waals surface area contributed by atoms with E-state index in [1.54, 1.807) is 14.2 Å². The molecule has 0 fully saturated rings. The van der Waals surface area contributed by atoms with Gasteiger partial charge in [-0.1, -0.05) is 17.2 Å². The maximum atomic E-state index is 5.36. The van der Waals surface area contributed by atoms with Gasteiger partial charge in [0.1, 0.15) is 0 Å². The molecule has 0 aliphatic carbocycles. The quantitative estimate of drug-likeness (QED) is 0.732. The zero-order chi connectivity index (χ0) is 16.9. The summed E-state index contributed by atoms with van der Waals surface area (Å²) in [6.45, 7) is 9.75. The minimum Gasteiger partial charge on any atom is -0.379 e. The van der Waals surface area contributed by atoms with Crippen molar-refractivity contribution < 1.29 is 9.47 Å². The predicted molar refractivity (Wildman–Crippen MR) is 93.0 cm³/mol. The summed E-state index contributed by atoms with van der Waals surface area (Å²) in [4.78, 5) is 4.52. The van der Waals surface area contributed by atoms with Crippen LogP contribution in [0.15, 0.2) is 23.4 Å². The lowest BCUT2D eigenvalue weighted by molar-refractivity contribution is 0.0373. The topological polar surface area (TPSA) is 24.9 Å². The second kappa shape index (κ2) is 8.70. The van der Waals surface area contributed by atoms with Crippen LogP contribution >= 0.6 is 0 Å². The average molecular weight is 310 g/mol. The molecule has 4 heteroatoms. The molecule has 0 radical (unpaired) electrons. The number of hydrogen-bond donors (Lipinski definition) is 0. The summed E-state index contributed by atoms with van der Waals surface area (Å²) in [6, 6.07) is 1.01. The monoisotopic (exact) mass is 310 g/mol. The summed E-state index contributed by atoms with van der Waals surface area (Å²) in [7, 11) is 7.78. The van der Waals surface area contributed by atoms with Crippen molar-refractivity contribution in [1.82, 2.24) is 9.80 Å². The third-order valence-electron chi connectivity index (χ3n) is 4.82. The molecule has 4 atom stereocenters. The molecule has 0 aromatic rings. The Morgan fingerprint density at radius 2 is 1.64 bits per heavy atom. The molecule has 0 aromatic carbocycles. The lowest BCUT2D eigenvalue weighted by atomic mass is 10.00. The molecule has 0 saturated heterocycles. The van der Waals surface area contributed by atoms with Crippen LogP contribution in [0.2, 0.25) is 0 Å². The van der Waals surface area contributed by atoms with Crippen LogP contribution < -0.4 is 0 Å². The van der Waals surface area contributed by atoms with Crippen molar-refractivity contribution in [1.29, 1.82) is 0 Å². The van der Waals surface area contributed by atoms with E-state index in [1.165, 1.54) is 11.1 Å². The van der Waals surface area contributed by atoms with Crippen molar-refractivity contribution in [3.05, 3.63) is 23.4 Å². The van der Waals surface area contributed by atoms with Gasteiger partial charge in [-0.25, -0.2) is 0 Å². The maximum Gasteiger partial charge on any atom is 0.0907 e. The summed E-state index contributed by atoms with van der Waals surface area (Å²) in [5.41, 5.74) is 2.80. The minimum absolute atomic E-state index is 0.272. The molecule has 2 aliphatic rings. The van der Waals surface area contributed by atoms with Crippen molar-refractivity contribution in [2.75, 3.05) is 34.9 Å². The number of ether oxygens (including phenoxy) is 2. The standard InChI is InChI=1S/2C9H17NO/c2*1-7-5-9(11-4)8(2)10(3)6-7/h6,8-9H,5H2,1-4H3;5,8-9H,6H2,1-4H3/t2*8-,9+/m00/s1. The molecule has 0 spiro atoms. The second-order valence-corrected chi connectivity index (χ2v) is 6.73. The molecule has 0 amide bonds. The first-order chi connectivity index (χ1) is 10.3. The number of nitrogens with zero attached hydrogens (tertiary/aromatic N) is 2. The van der Waals surface area contributed by atoms with Gasteiger partial charge in [0.15, 0.2) is 0 Å². The molecule has 0 aromatic heterocycles. The summed E-state index contributed by atoms with van der Waals surface area (Å²) in [5, 5.41) is 0. The molecule has 2 heterocycles. The van der Waals surface area contributed by atoms with Crippen LogP contribution in [0.4, 0.5) is 0 Å². The highest BCUT2D eigenvalue weighted by Crippen LogP contribution is 2.20. The number of rotatable bonds is 2. The lowest BCUT2D eigenvalue weighted by Gasteiger charge is -2.35. The van der Waals surface area contributed by atoms with Crippen molar-refractivity contribution in [3.8, 4) is 0 Å². The Balaban J connectivity index is 0.000000220. The third-order valence-corrected chi connectivity index (χ3v) is 4.82. The fourth-order valence-electron chi connectivity index (χ4n) is 3.07. The zero-order valence-corrected chi connectivity index (χ0v) is 15.6. The van der Waals surface area contributed by atoms with Crippen molar-refractivity contribution in [3.63, 3.8) is 0 Å². The van der Waals surface area contributed by atoms with E-state index in [2.05, 4.69) is 63.9 Å². The molecule has 128 valence electrons. The van der Waals surface area contributed by atoms with Crippen molar-refractivity contribution in [2.45, 2.75) is 58.4 Å². The number of hydrogen-bond acceptors (Lipinski definition) is 4. The van der Waals surface area contributed by atoms with Gasteiger partial charge >= 0.3 is 0 Å². The number of likely N-dealkylation sites (N-methyl/N-ethyl adjacent to an activating group) is 2. The van der Waals surface area contributed by atoms with Gasteiger partial charge in [-0.2, -0.15) is 0 Å². The highest BCUT2D eigenvalue weighted by molar-refractivity contribution is 5.11. The van der Waals surface area contributed by atoms with Crippen LogP contribution in [0.25, 0.3) is 0 Å². The predicted octanol–water partition coefficient (Wildman–Crippen LogP) is 2.91. The van der Waals surface area contributed by atoms with Crippen molar-refractivity contribution in [2.24, 2.45) is 0 Å². The molecule has 0 saturated carbocycles. The van der Waals surface area contributed by atoms with Gasteiger partial charge in [0.05, 0.1) is 18.2 Å². The summed E-state index contributed by atoms with van der Waals surface area (Å²) >= 11 is 0. The van der Waals surface area contributed by atoms with Crippen LogP contribution in [-0.4, -0.2) is 69.0 Å². The first-order valence-corrected chi connectivity index (χ1v) is 8.12. The van der Waals surface area contributed by atoms with Crippen LogP contribution in [0.3, 0.4) is 0 Å². The molecule has 2 rings (SSSR count). The lowest BCUT2D eigenvalue weighted by Crippen LogP contribution is -2.43. The fraction of sp³-hybridized carbons (Fsp3) is 0.778. The highest BCUT2D eigenvalue weighted by Gasteiger charge is 2.24. The summed E-state index contributed by atoms with van der Waals surface area (Å²) in [6.07, 6.45) is 6.12. The van der Waals surface area contributed by atoms with Crippen molar-refractivity contribution >= 4 is 0 Å². The Labute approximate surface area is 136 Å². The minimum atomic E-state index is 0.272. The van der Waals surface area contributed by atoms with Gasteiger partial charge in [0, 0.05) is 33.9 Å². The van der Waals surface area contributed by atoms with E-state index >= 15 is 0 Å². The second-order valence-electron chi connectivity index (χ2n) is 6.73. The maximum absolute atomic E-state index is 5.36. The third kappa shape index (κ3) is 5.11. The van der Waals surface area contributed by atoms with Gasteiger partial charge in [0.25, 0.3) is 0 Å². The molecule has 22 heavy (non-hydrogen) atoms. The fourth-order valence-corrected chi connectivity index (χ4v) is 3.07. The summed E-state index contributed by atoms with van der Waals surface area (Å²) in [5.74, 6) is 0. The average Bonchev–Trinajstić information content (AvgIpc) is 2.47. The van der Waals surface area contributed by atoms with E-state index < -0.39 is 0 Å². The Hall–Kier alpha value is -0.840. The van der Waals surface area contributed by atoms with Gasteiger partial charge < -0.3 is 14.4 Å². The van der Waals surface area contributed by atoms with Gasteiger partial charge in [-0.3, -0.25) is 4.90 Å². The Bertz CT molecular complexity index is 406. The smallest absolute Gasteiger partial charge is 0.0907 e. The van der Waals surface area contributed by atoms with Gasteiger partial charge in [-0.05, 0) is 47.4 Å². The van der Waals surface area contributed by atoms with Crippen LogP contribution in [0.5, 0.6) is 0 Å². The van der Waals surface area contributed by atoms with E-state index in [9.17, 15) is 0 Å². The van der Waals surface area contributed by atoms with Crippen LogP contribution in [-0.2, 0) is 9.47 Å². The Kier molecular flexibility index (Phi) is 7.60. The molecular weight excluding hydrogens is 276 g/mol. The van der Waals surface area contributed by atoms with Crippen LogP contribution in [0.1, 0.15) is 34.1 Å². The Morgan fingerprint density at radius 3 is 2.18 bits per heavy atom. The van der Waals surface area contributed by atoms with Crippen LogP contribution in [0, 0.1) is 0 Å². The number of methoxy groups -OCH3 is 2. The molecule has 0 bridgehead atoms. The van der Waals surface area contributed by atoms with E-state index in [1.807, 2.05) is 0 Å². The van der Waals surface area contributed by atoms with E-state index in [-0.39, 0.29) is 6.10 Å². The first kappa shape index (κ1) is 19.2. The molecule has 4 nitrogen and oxygen atoms in total. The molecular formula is C18H34N2O2. The molecule has 2 aliphatic heterocycles. The SMILES string of the molecule is CO[C@@H]1C=C(C)CN(C)[C@H]1C.CO[C@@H]1CC(C)=CN(C)[C@H]1C. The molecule has 0 unspecified atom stereocenters. The normalized spacial score (nSPS) is 32.8. The van der Waals surface area contributed by atoms with E-state index in [0.29, 0.717) is 18.2 Å². The first-order valence-electron chi connectivity index (χ1n) is 8.12.